The van der Waals surface area contributed by atoms with Gasteiger partial charge in [-0.3, -0.25) is 4.90 Å². The Morgan fingerprint density at radius 2 is 1.95 bits per heavy atom. The number of anilines is 1. The number of nitrogens with zero attached hydrogens (tertiary/aromatic N) is 2. The van der Waals surface area contributed by atoms with Crippen LogP contribution in [0.5, 0.6) is 0 Å². The lowest BCUT2D eigenvalue weighted by atomic mass is 10.1. The number of hydrogen-bond acceptors (Lipinski definition) is 3. The van der Waals surface area contributed by atoms with E-state index in [9.17, 15) is 0 Å². The zero-order valence-corrected chi connectivity index (χ0v) is 12.8. The smallest absolute Gasteiger partial charge is 0.0471 e. The van der Waals surface area contributed by atoms with Crippen molar-refractivity contribution in [3.8, 4) is 0 Å². The van der Waals surface area contributed by atoms with Gasteiger partial charge in [0.15, 0.2) is 0 Å². The summed E-state index contributed by atoms with van der Waals surface area (Å²) in [5, 5.41) is 0.798. The predicted molar refractivity (Wildman–Crippen MR) is 85.4 cm³/mol. The van der Waals surface area contributed by atoms with E-state index >= 15 is 0 Å². The van der Waals surface area contributed by atoms with Gasteiger partial charge in [0, 0.05) is 41.9 Å². The summed E-state index contributed by atoms with van der Waals surface area (Å²) in [4.78, 5) is 5.14. The van der Waals surface area contributed by atoms with Crippen LogP contribution in [0.3, 0.4) is 0 Å². The van der Waals surface area contributed by atoms with Gasteiger partial charge in [0.25, 0.3) is 0 Å². The molecule has 2 aliphatic heterocycles. The molecule has 0 spiro atoms. The summed E-state index contributed by atoms with van der Waals surface area (Å²) in [6, 6.07) is 6.84. The zero-order chi connectivity index (χ0) is 13.9. The minimum atomic E-state index is 0.514. The molecule has 3 rings (SSSR count). The molecule has 2 heterocycles. The highest BCUT2D eigenvalue weighted by molar-refractivity contribution is 6.31. The lowest BCUT2D eigenvalue weighted by Crippen LogP contribution is -2.41. The highest BCUT2D eigenvalue weighted by atomic mass is 35.5. The summed E-state index contributed by atoms with van der Waals surface area (Å²) in [6.07, 6.45) is 5.39. The van der Waals surface area contributed by atoms with Gasteiger partial charge in [-0.15, -0.1) is 0 Å². The largest absolute Gasteiger partial charge is 0.370 e. The molecule has 0 aliphatic carbocycles. The van der Waals surface area contributed by atoms with Gasteiger partial charge in [0.1, 0.15) is 0 Å². The van der Waals surface area contributed by atoms with Gasteiger partial charge >= 0.3 is 0 Å². The maximum absolute atomic E-state index is 6.28. The van der Waals surface area contributed by atoms with Crippen molar-refractivity contribution in [2.24, 2.45) is 5.73 Å². The van der Waals surface area contributed by atoms with Crippen LogP contribution >= 0.6 is 11.6 Å². The second kappa shape index (κ2) is 6.33. The SMILES string of the molecule is NCc1c(Cl)cccc1N1CCC(N2CCCCC2)C1. The Hall–Kier alpha value is -0.770. The third-order valence-corrected chi connectivity index (χ3v) is 5.06. The van der Waals surface area contributed by atoms with Gasteiger partial charge in [-0.1, -0.05) is 24.1 Å². The second-order valence-corrected chi connectivity index (χ2v) is 6.33. The first-order chi connectivity index (χ1) is 9.79. The number of benzene rings is 1. The summed E-state index contributed by atoms with van der Waals surface area (Å²) < 4.78 is 0. The maximum atomic E-state index is 6.28. The Kier molecular flexibility index (Phi) is 4.49. The topological polar surface area (TPSA) is 32.5 Å². The number of piperidine rings is 1. The van der Waals surface area contributed by atoms with E-state index in [1.54, 1.807) is 0 Å². The average Bonchev–Trinajstić information content (AvgIpc) is 2.97. The maximum Gasteiger partial charge on any atom is 0.0471 e. The fourth-order valence-electron chi connectivity index (χ4n) is 3.59. The molecule has 0 radical (unpaired) electrons. The van der Waals surface area contributed by atoms with E-state index < -0.39 is 0 Å². The number of nitrogens with two attached hydrogens (primary N) is 1. The average molecular weight is 294 g/mol. The molecule has 2 aliphatic rings. The molecule has 20 heavy (non-hydrogen) atoms. The molecular formula is C16H24ClN3. The van der Waals surface area contributed by atoms with E-state index in [4.69, 9.17) is 17.3 Å². The van der Waals surface area contributed by atoms with E-state index in [0.29, 0.717) is 12.6 Å². The van der Waals surface area contributed by atoms with Crippen molar-refractivity contribution >= 4 is 17.3 Å². The van der Waals surface area contributed by atoms with Crippen LogP contribution in [-0.2, 0) is 6.54 Å². The van der Waals surface area contributed by atoms with Crippen LogP contribution in [0.1, 0.15) is 31.2 Å². The number of likely N-dealkylation sites (tertiary alicyclic amines) is 1. The molecule has 0 saturated carbocycles. The van der Waals surface area contributed by atoms with Gasteiger partial charge in [-0.25, -0.2) is 0 Å². The predicted octanol–water partition coefficient (Wildman–Crippen LogP) is 2.86. The molecule has 1 unspecified atom stereocenters. The first kappa shape index (κ1) is 14.2. The molecule has 0 amide bonds. The standard InChI is InChI=1S/C16H24ClN3/c17-15-5-4-6-16(14(15)11-18)20-10-7-13(12-20)19-8-2-1-3-9-19/h4-6,13H,1-3,7-12,18H2. The molecule has 2 fully saturated rings. The monoisotopic (exact) mass is 293 g/mol. The Morgan fingerprint density at radius 1 is 1.15 bits per heavy atom. The molecule has 3 nitrogen and oxygen atoms in total. The number of hydrogen-bond donors (Lipinski definition) is 1. The normalized spacial score (nSPS) is 24.3. The van der Waals surface area contributed by atoms with Crippen LogP contribution in [0.25, 0.3) is 0 Å². The fraction of sp³-hybridized carbons (Fsp3) is 0.625. The summed E-state index contributed by atoms with van der Waals surface area (Å²) in [7, 11) is 0. The Morgan fingerprint density at radius 3 is 2.70 bits per heavy atom. The molecular weight excluding hydrogens is 270 g/mol. The summed E-state index contributed by atoms with van der Waals surface area (Å²) in [5.74, 6) is 0. The van der Waals surface area contributed by atoms with Crippen LogP contribution in [0, 0.1) is 0 Å². The first-order valence-corrected chi connectivity index (χ1v) is 8.14. The van der Waals surface area contributed by atoms with Crippen LogP contribution in [0.15, 0.2) is 18.2 Å². The molecule has 110 valence electrons. The molecule has 4 heteroatoms. The quantitative estimate of drug-likeness (QED) is 0.930. The fourth-order valence-corrected chi connectivity index (χ4v) is 3.83. The highest BCUT2D eigenvalue weighted by Gasteiger charge is 2.29. The van der Waals surface area contributed by atoms with E-state index in [0.717, 1.165) is 23.7 Å². The zero-order valence-electron chi connectivity index (χ0n) is 12.0. The van der Waals surface area contributed by atoms with Crippen molar-refractivity contribution in [1.82, 2.24) is 4.90 Å². The van der Waals surface area contributed by atoms with Crippen LogP contribution < -0.4 is 10.6 Å². The number of rotatable bonds is 3. The van der Waals surface area contributed by atoms with Gasteiger partial charge < -0.3 is 10.6 Å². The van der Waals surface area contributed by atoms with E-state index in [2.05, 4.69) is 15.9 Å². The summed E-state index contributed by atoms with van der Waals surface area (Å²) in [6.45, 7) is 5.30. The van der Waals surface area contributed by atoms with Gasteiger partial charge in [0.05, 0.1) is 0 Å². The van der Waals surface area contributed by atoms with Crippen molar-refractivity contribution in [3.05, 3.63) is 28.8 Å². The third-order valence-electron chi connectivity index (χ3n) is 4.71. The van der Waals surface area contributed by atoms with E-state index in [-0.39, 0.29) is 0 Å². The molecule has 1 aromatic rings. The van der Waals surface area contributed by atoms with Crippen molar-refractivity contribution in [2.45, 2.75) is 38.3 Å². The Balaban J connectivity index is 1.72. The van der Waals surface area contributed by atoms with Crippen molar-refractivity contribution in [1.29, 1.82) is 0 Å². The second-order valence-electron chi connectivity index (χ2n) is 5.93. The summed E-state index contributed by atoms with van der Waals surface area (Å²) in [5.41, 5.74) is 8.20. The highest BCUT2D eigenvalue weighted by Crippen LogP contribution is 2.31. The molecule has 1 aromatic carbocycles. The van der Waals surface area contributed by atoms with Crippen molar-refractivity contribution in [3.63, 3.8) is 0 Å². The summed E-state index contributed by atoms with van der Waals surface area (Å²) >= 11 is 6.28. The van der Waals surface area contributed by atoms with Crippen LogP contribution in [-0.4, -0.2) is 37.1 Å². The van der Waals surface area contributed by atoms with Gasteiger partial charge in [0.2, 0.25) is 0 Å². The Labute approximate surface area is 126 Å². The molecule has 2 N–H and O–H groups in total. The van der Waals surface area contributed by atoms with Gasteiger partial charge in [-0.2, -0.15) is 0 Å². The molecule has 1 atom stereocenters. The van der Waals surface area contributed by atoms with Crippen molar-refractivity contribution < 1.29 is 0 Å². The van der Waals surface area contributed by atoms with Gasteiger partial charge in [-0.05, 0) is 44.5 Å². The minimum Gasteiger partial charge on any atom is -0.370 e. The molecule has 0 aromatic heterocycles. The van der Waals surface area contributed by atoms with E-state index in [1.807, 2.05) is 12.1 Å². The number of halogens is 1. The lowest BCUT2D eigenvalue weighted by molar-refractivity contribution is 0.175. The first-order valence-electron chi connectivity index (χ1n) is 7.76. The molecule has 0 bridgehead atoms. The van der Waals surface area contributed by atoms with Crippen LogP contribution in [0.2, 0.25) is 5.02 Å². The van der Waals surface area contributed by atoms with Crippen LogP contribution in [0.4, 0.5) is 5.69 Å². The molecule has 2 saturated heterocycles. The Bertz CT molecular complexity index is 457. The van der Waals surface area contributed by atoms with Crippen molar-refractivity contribution in [2.75, 3.05) is 31.1 Å². The van der Waals surface area contributed by atoms with E-state index in [1.165, 1.54) is 44.5 Å². The lowest BCUT2D eigenvalue weighted by Gasteiger charge is -2.32. The minimum absolute atomic E-state index is 0.514. The third kappa shape index (κ3) is 2.80.